The maximum Gasteiger partial charge on any atom is 0.183 e. The van der Waals surface area contributed by atoms with E-state index in [-0.39, 0.29) is 0 Å². The third-order valence-electron chi connectivity index (χ3n) is 1.48. The number of hydrogen-bond acceptors (Lipinski definition) is 4. The van der Waals surface area contributed by atoms with Crippen LogP contribution in [-0.2, 0) is 4.74 Å². The largest absolute Gasteiger partial charge is 0.388 e. The molecule has 1 fully saturated rings. The third-order valence-corrected chi connectivity index (χ3v) is 1.48. The molecule has 0 amide bonds. The Morgan fingerprint density at radius 1 is 1.11 bits per heavy atom. The highest BCUT2D eigenvalue weighted by Gasteiger charge is 2.38. The summed E-state index contributed by atoms with van der Waals surface area (Å²) < 4.78 is 4.64. The lowest BCUT2D eigenvalue weighted by Crippen LogP contribution is -2.31. The molecule has 0 aliphatic carbocycles. The number of aliphatic hydroxyl groups excluding tert-OH is 3. The summed E-state index contributed by atoms with van der Waals surface area (Å²) in [5.74, 6) is 0. The molecule has 3 unspecified atom stereocenters. The second-order valence-corrected chi connectivity index (χ2v) is 2.21. The fourth-order valence-corrected chi connectivity index (χ4v) is 0.827. The molecule has 9 heavy (non-hydrogen) atoms. The molecule has 54 valence electrons. The van der Waals surface area contributed by atoms with Crippen molar-refractivity contribution in [3.63, 3.8) is 0 Å². The standard InChI is InChI=1S/C5H10O4/c1-2-3(6)4(7)5(8)9-2/h2-8H,1H3/t2?,3-,4?,5?/m1/s1. The van der Waals surface area contributed by atoms with E-state index in [2.05, 4.69) is 4.74 Å². The van der Waals surface area contributed by atoms with Gasteiger partial charge in [0.15, 0.2) is 6.29 Å². The minimum Gasteiger partial charge on any atom is -0.388 e. The second-order valence-electron chi connectivity index (χ2n) is 2.21. The molecule has 0 aromatic carbocycles. The molecule has 0 bridgehead atoms. The average Bonchev–Trinajstić information content (AvgIpc) is 1.98. The van der Waals surface area contributed by atoms with E-state index in [4.69, 9.17) is 15.3 Å². The highest BCUT2D eigenvalue weighted by Crippen LogP contribution is 2.18. The Kier molecular flexibility index (Phi) is 1.72. The Morgan fingerprint density at radius 2 is 1.67 bits per heavy atom. The van der Waals surface area contributed by atoms with Crippen LogP contribution in [0.1, 0.15) is 6.92 Å². The first-order valence-electron chi connectivity index (χ1n) is 2.82. The van der Waals surface area contributed by atoms with Crippen molar-refractivity contribution in [1.82, 2.24) is 0 Å². The molecule has 0 saturated carbocycles. The molecular formula is C5H10O4. The van der Waals surface area contributed by atoms with E-state index < -0.39 is 24.6 Å². The lowest BCUT2D eigenvalue weighted by atomic mass is 10.2. The van der Waals surface area contributed by atoms with Crippen molar-refractivity contribution in [3.8, 4) is 0 Å². The van der Waals surface area contributed by atoms with Crippen molar-refractivity contribution >= 4 is 0 Å². The highest BCUT2D eigenvalue weighted by atomic mass is 16.6. The molecule has 1 heterocycles. The van der Waals surface area contributed by atoms with Crippen LogP contribution in [-0.4, -0.2) is 39.9 Å². The third kappa shape index (κ3) is 1.07. The SMILES string of the molecule is CC1OC(O)C(O)[C@@H]1O. The van der Waals surface area contributed by atoms with E-state index in [1.54, 1.807) is 6.92 Å². The van der Waals surface area contributed by atoms with Crippen molar-refractivity contribution in [3.05, 3.63) is 0 Å². The van der Waals surface area contributed by atoms with Gasteiger partial charge in [-0.25, -0.2) is 0 Å². The molecule has 0 aromatic heterocycles. The summed E-state index contributed by atoms with van der Waals surface area (Å²) in [4.78, 5) is 0. The Hall–Kier alpha value is -0.160. The van der Waals surface area contributed by atoms with Gasteiger partial charge in [0.1, 0.15) is 12.2 Å². The minimum absolute atomic E-state index is 0.477. The van der Waals surface area contributed by atoms with Crippen LogP contribution in [0, 0.1) is 0 Å². The van der Waals surface area contributed by atoms with Gasteiger partial charge in [-0.1, -0.05) is 0 Å². The first-order chi connectivity index (χ1) is 4.13. The topological polar surface area (TPSA) is 69.9 Å². The molecule has 0 radical (unpaired) electrons. The van der Waals surface area contributed by atoms with Crippen molar-refractivity contribution in [1.29, 1.82) is 0 Å². The van der Waals surface area contributed by atoms with E-state index in [9.17, 15) is 0 Å². The quantitative estimate of drug-likeness (QED) is 0.375. The van der Waals surface area contributed by atoms with Crippen LogP contribution in [0.5, 0.6) is 0 Å². The molecule has 0 aromatic rings. The van der Waals surface area contributed by atoms with Gasteiger partial charge in [0.25, 0.3) is 0 Å². The van der Waals surface area contributed by atoms with Crippen molar-refractivity contribution < 1.29 is 20.1 Å². The van der Waals surface area contributed by atoms with Crippen LogP contribution in [0.15, 0.2) is 0 Å². The molecule has 1 saturated heterocycles. The lowest BCUT2D eigenvalue weighted by molar-refractivity contribution is -0.124. The summed E-state index contributed by atoms with van der Waals surface area (Å²) in [6, 6.07) is 0. The molecule has 4 heteroatoms. The smallest absolute Gasteiger partial charge is 0.183 e. The average molecular weight is 134 g/mol. The molecule has 1 rings (SSSR count). The van der Waals surface area contributed by atoms with Gasteiger partial charge >= 0.3 is 0 Å². The zero-order valence-corrected chi connectivity index (χ0v) is 5.06. The summed E-state index contributed by atoms with van der Waals surface area (Å²) in [6.07, 6.45) is -3.81. The Labute approximate surface area is 52.7 Å². The van der Waals surface area contributed by atoms with Gasteiger partial charge in [-0.2, -0.15) is 0 Å². The van der Waals surface area contributed by atoms with Crippen LogP contribution >= 0.6 is 0 Å². The van der Waals surface area contributed by atoms with Gasteiger partial charge in [0, 0.05) is 0 Å². The fourth-order valence-electron chi connectivity index (χ4n) is 0.827. The van der Waals surface area contributed by atoms with E-state index in [1.807, 2.05) is 0 Å². The highest BCUT2D eigenvalue weighted by molar-refractivity contribution is 4.82. The van der Waals surface area contributed by atoms with E-state index in [0.717, 1.165) is 0 Å². The first-order valence-corrected chi connectivity index (χ1v) is 2.82. The fraction of sp³-hybridized carbons (Fsp3) is 1.00. The number of aliphatic hydroxyl groups is 3. The molecule has 1 aliphatic rings. The van der Waals surface area contributed by atoms with E-state index >= 15 is 0 Å². The Morgan fingerprint density at radius 3 is 1.78 bits per heavy atom. The van der Waals surface area contributed by atoms with Gasteiger partial charge in [0.2, 0.25) is 0 Å². The zero-order chi connectivity index (χ0) is 7.02. The van der Waals surface area contributed by atoms with Crippen molar-refractivity contribution in [2.75, 3.05) is 0 Å². The van der Waals surface area contributed by atoms with Crippen LogP contribution in [0.3, 0.4) is 0 Å². The monoisotopic (exact) mass is 134 g/mol. The van der Waals surface area contributed by atoms with Crippen molar-refractivity contribution in [2.24, 2.45) is 0 Å². The number of hydrogen-bond donors (Lipinski definition) is 3. The van der Waals surface area contributed by atoms with Crippen LogP contribution in [0.2, 0.25) is 0 Å². The summed E-state index contributed by atoms with van der Waals surface area (Å²) in [5.41, 5.74) is 0. The molecular weight excluding hydrogens is 124 g/mol. The van der Waals surface area contributed by atoms with E-state index in [1.165, 1.54) is 0 Å². The summed E-state index contributed by atoms with van der Waals surface area (Å²) in [7, 11) is 0. The van der Waals surface area contributed by atoms with Crippen LogP contribution in [0.25, 0.3) is 0 Å². The Bertz CT molecular complexity index is 93.1. The lowest BCUT2D eigenvalue weighted by Gasteiger charge is -2.07. The minimum atomic E-state index is -1.23. The maximum absolute atomic E-state index is 8.90. The van der Waals surface area contributed by atoms with Crippen LogP contribution in [0.4, 0.5) is 0 Å². The normalized spacial score (nSPS) is 52.0. The predicted octanol–water partition coefficient (Wildman–Crippen LogP) is -1.55. The van der Waals surface area contributed by atoms with E-state index in [0.29, 0.717) is 0 Å². The molecule has 4 nitrogen and oxygen atoms in total. The number of ether oxygens (including phenoxy) is 1. The summed E-state index contributed by atoms with van der Waals surface area (Å²) in [6.45, 7) is 1.59. The summed E-state index contributed by atoms with van der Waals surface area (Å²) in [5, 5.41) is 26.4. The van der Waals surface area contributed by atoms with Gasteiger partial charge in [0.05, 0.1) is 6.10 Å². The second kappa shape index (κ2) is 2.22. The summed E-state index contributed by atoms with van der Waals surface area (Å²) >= 11 is 0. The Balaban J connectivity index is 2.54. The molecule has 3 N–H and O–H groups in total. The number of rotatable bonds is 0. The van der Waals surface area contributed by atoms with Gasteiger partial charge in [-0.3, -0.25) is 0 Å². The first kappa shape index (κ1) is 6.95. The molecule has 0 spiro atoms. The van der Waals surface area contributed by atoms with Crippen LogP contribution < -0.4 is 0 Å². The maximum atomic E-state index is 8.90. The van der Waals surface area contributed by atoms with Crippen molar-refractivity contribution in [2.45, 2.75) is 31.5 Å². The molecule has 1 aliphatic heterocycles. The van der Waals surface area contributed by atoms with Gasteiger partial charge < -0.3 is 20.1 Å². The molecule has 4 atom stereocenters. The predicted molar refractivity (Wildman–Crippen MR) is 28.6 cm³/mol. The van der Waals surface area contributed by atoms with Gasteiger partial charge in [-0.05, 0) is 6.92 Å². The van der Waals surface area contributed by atoms with Gasteiger partial charge in [-0.15, -0.1) is 0 Å². The zero-order valence-electron chi connectivity index (χ0n) is 5.06.